The fourth-order valence-corrected chi connectivity index (χ4v) is 1.94. The molecule has 0 aliphatic carbocycles. The number of aryl methyl sites for hydroxylation is 1. The Morgan fingerprint density at radius 1 is 0.789 bits per heavy atom. The Morgan fingerprint density at radius 2 is 1.26 bits per heavy atom. The van der Waals surface area contributed by atoms with E-state index in [9.17, 15) is 9.59 Å². The fourth-order valence-electron chi connectivity index (χ4n) is 1.94. The number of hydrogen-bond acceptors (Lipinski definition) is 2. The summed E-state index contributed by atoms with van der Waals surface area (Å²) in [4.78, 5) is 24.5. The van der Waals surface area contributed by atoms with E-state index in [0.717, 1.165) is 5.56 Å². The first-order valence-corrected chi connectivity index (χ1v) is 6.29. The normalized spacial score (nSPS) is 11.9. The van der Waals surface area contributed by atoms with Gasteiger partial charge >= 0.3 is 0 Å². The Bertz CT molecular complexity index is 582. The maximum atomic E-state index is 12.2. The molecule has 1 unspecified atom stereocenters. The zero-order valence-corrected chi connectivity index (χ0v) is 11.1. The smallest absolute Gasteiger partial charge is 0.173 e. The molecule has 0 heterocycles. The summed E-state index contributed by atoms with van der Waals surface area (Å²) in [5.41, 5.74) is 2.26. The van der Waals surface area contributed by atoms with E-state index in [-0.39, 0.29) is 11.6 Å². The molecule has 0 bridgehead atoms. The van der Waals surface area contributed by atoms with Crippen molar-refractivity contribution in [3.05, 3.63) is 71.3 Å². The van der Waals surface area contributed by atoms with Crippen LogP contribution in [0.15, 0.2) is 54.6 Å². The van der Waals surface area contributed by atoms with Gasteiger partial charge in [-0.15, -0.1) is 0 Å². The molecule has 0 amide bonds. The van der Waals surface area contributed by atoms with Crippen LogP contribution in [0.2, 0.25) is 0 Å². The Balaban J connectivity index is 2.20. The van der Waals surface area contributed by atoms with Crippen LogP contribution in [0, 0.1) is 12.8 Å². The molecule has 0 radical (unpaired) electrons. The standard InChI is InChI=1S/C17H16O2/c1-12-8-10-15(11-9-12)17(19)13(2)16(18)14-6-4-3-5-7-14/h3-11,13H,1-2H3. The number of carbonyl (C=O) groups is 2. The highest BCUT2D eigenvalue weighted by molar-refractivity contribution is 6.15. The molecule has 0 saturated carbocycles. The van der Waals surface area contributed by atoms with Crippen molar-refractivity contribution < 1.29 is 9.59 Å². The monoisotopic (exact) mass is 252 g/mol. The van der Waals surface area contributed by atoms with Gasteiger partial charge < -0.3 is 0 Å². The van der Waals surface area contributed by atoms with Gasteiger partial charge in [-0.2, -0.15) is 0 Å². The Morgan fingerprint density at radius 3 is 1.79 bits per heavy atom. The van der Waals surface area contributed by atoms with Crippen molar-refractivity contribution in [1.29, 1.82) is 0 Å². The lowest BCUT2D eigenvalue weighted by molar-refractivity contribution is 0.0821. The van der Waals surface area contributed by atoms with Gasteiger partial charge in [0.15, 0.2) is 11.6 Å². The average molecular weight is 252 g/mol. The van der Waals surface area contributed by atoms with E-state index < -0.39 is 5.92 Å². The minimum atomic E-state index is -0.648. The molecule has 2 nitrogen and oxygen atoms in total. The molecular formula is C17H16O2. The van der Waals surface area contributed by atoms with Gasteiger partial charge in [-0.1, -0.05) is 60.2 Å². The maximum Gasteiger partial charge on any atom is 0.173 e. The molecule has 0 fully saturated rings. The molecule has 0 aromatic heterocycles. The fraction of sp³-hybridized carbons (Fsp3) is 0.176. The zero-order valence-electron chi connectivity index (χ0n) is 11.1. The Labute approximate surface area is 113 Å². The average Bonchev–Trinajstić information content (AvgIpc) is 2.46. The van der Waals surface area contributed by atoms with Gasteiger partial charge in [0.2, 0.25) is 0 Å². The van der Waals surface area contributed by atoms with Crippen molar-refractivity contribution >= 4 is 11.6 Å². The molecule has 0 aliphatic rings. The van der Waals surface area contributed by atoms with Gasteiger partial charge in [-0.25, -0.2) is 0 Å². The maximum absolute atomic E-state index is 12.2. The summed E-state index contributed by atoms with van der Waals surface area (Å²) in [6, 6.07) is 16.2. The first-order chi connectivity index (χ1) is 9.09. The summed E-state index contributed by atoms with van der Waals surface area (Å²) < 4.78 is 0. The number of benzene rings is 2. The van der Waals surface area contributed by atoms with Crippen LogP contribution in [-0.4, -0.2) is 11.6 Å². The van der Waals surface area contributed by atoms with Crippen LogP contribution in [0.4, 0.5) is 0 Å². The van der Waals surface area contributed by atoms with E-state index in [2.05, 4.69) is 0 Å². The molecule has 2 heteroatoms. The predicted octanol–water partition coefficient (Wildman–Crippen LogP) is 3.70. The van der Waals surface area contributed by atoms with Crippen molar-refractivity contribution in [2.24, 2.45) is 5.92 Å². The lowest BCUT2D eigenvalue weighted by Gasteiger charge is -2.09. The molecule has 2 rings (SSSR count). The summed E-state index contributed by atoms with van der Waals surface area (Å²) >= 11 is 0. The molecular weight excluding hydrogens is 236 g/mol. The SMILES string of the molecule is Cc1ccc(C(=O)C(C)C(=O)c2ccccc2)cc1. The third-order valence-corrected chi connectivity index (χ3v) is 3.18. The quantitative estimate of drug-likeness (QED) is 0.614. The highest BCUT2D eigenvalue weighted by Crippen LogP contribution is 2.15. The van der Waals surface area contributed by atoms with Crippen LogP contribution in [0.25, 0.3) is 0 Å². The zero-order chi connectivity index (χ0) is 13.8. The predicted molar refractivity (Wildman–Crippen MR) is 75.4 cm³/mol. The largest absolute Gasteiger partial charge is 0.293 e. The van der Waals surface area contributed by atoms with Gasteiger partial charge in [0.1, 0.15) is 0 Å². The van der Waals surface area contributed by atoms with Crippen LogP contribution < -0.4 is 0 Å². The lowest BCUT2D eigenvalue weighted by atomic mass is 9.91. The van der Waals surface area contributed by atoms with E-state index in [1.807, 2.05) is 25.1 Å². The van der Waals surface area contributed by atoms with Crippen LogP contribution >= 0.6 is 0 Å². The number of rotatable bonds is 4. The number of ketones is 2. The van der Waals surface area contributed by atoms with E-state index >= 15 is 0 Å². The Kier molecular flexibility index (Phi) is 3.91. The summed E-state index contributed by atoms with van der Waals surface area (Å²) in [7, 11) is 0. The second-order valence-corrected chi connectivity index (χ2v) is 4.68. The summed E-state index contributed by atoms with van der Waals surface area (Å²) in [6.45, 7) is 3.63. The number of hydrogen-bond donors (Lipinski definition) is 0. The summed E-state index contributed by atoms with van der Waals surface area (Å²) in [5.74, 6) is -0.912. The summed E-state index contributed by atoms with van der Waals surface area (Å²) in [6.07, 6.45) is 0. The first kappa shape index (κ1) is 13.2. The highest BCUT2D eigenvalue weighted by Gasteiger charge is 2.23. The van der Waals surface area contributed by atoms with Gasteiger partial charge in [0.05, 0.1) is 5.92 Å². The number of Topliss-reactive ketones (excluding diaryl/α,β-unsaturated/α-hetero) is 2. The van der Waals surface area contributed by atoms with Crippen LogP contribution in [0.3, 0.4) is 0 Å². The number of carbonyl (C=O) groups excluding carboxylic acids is 2. The topological polar surface area (TPSA) is 34.1 Å². The second-order valence-electron chi connectivity index (χ2n) is 4.68. The van der Waals surface area contributed by atoms with Crippen molar-refractivity contribution in [3.8, 4) is 0 Å². The molecule has 2 aromatic rings. The molecule has 96 valence electrons. The van der Waals surface area contributed by atoms with Crippen LogP contribution in [0.5, 0.6) is 0 Å². The van der Waals surface area contributed by atoms with Gasteiger partial charge in [-0.3, -0.25) is 9.59 Å². The van der Waals surface area contributed by atoms with E-state index in [1.165, 1.54) is 0 Å². The lowest BCUT2D eigenvalue weighted by Crippen LogP contribution is -2.21. The molecule has 19 heavy (non-hydrogen) atoms. The third kappa shape index (κ3) is 2.97. The van der Waals surface area contributed by atoms with E-state index in [4.69, 9.17) is 0 Å². The highest BCUT2D eigenvalue weighted by atomic mass is 16.1. The van der Waals surface area contributed by atoms with Crippen molar-refractivity contribution in [3.63, 3.8) is 0 Å². The van der Waals surface area contributed by atoms with Gasteiger partial charge in [0.25, 0.3) is 0 Å². The van der Waals surface area contributed by atoms with Crippen LogP contribution in [-0.2, 0) is 0 Å². The molecule has 2 aromatic carbocycles. The van der Waals surface area contributed by atoms with Crippen molar-refractivity contribution in [1.82, 2.24) is 0 Å². The van der Waals surface area contributed by atoms with E-state index in [1.54, 1.807) is 43.3 Å². The Hall–Kier alpha value is -2.22. The summed E-state index contributed by atoms with van der Waals surface area (Å²) in [5, 5.41) is 0. The molecule has 0 saturated heterocycles. The third-order valence-electron chi connectivity index (χ3n) is 3.18. The van der Waals surface area contributed by atoms with Crippen LogP contribution in [0.1, 0.15) is 33.2 Å². The molecule has 1 atom stereocenters. The van der Waals surface area contributed by atoms with Crippen molar-refractivity contribution in [2.45, 2.75) is 13.8 Å². The van der Waals surface area contributed by atoms with Crippen molar-refractivity contribution in [2.75, 3.05) is 0 Å². The van der Waals surface area contributed by atoms with E-state index in [0.29, 0.717) is 11.1 Å². The minimum absolute atomic E-state index is 0.131. The first-order valence-electron chi connectivity index (χ1n) is 6.29. The van der Waals surface area contributed by atoms with Gasteiger partial charge in [-0.05, 0) is 13.8 Å². The van der Waals surface area contributed by atoms with Gasteiger partial charge in [0, 0.05) is 11.1 Å². The minimum Gasteiger partial charge on any atom is -0.293 e. The molecule has 0 N–H and O–H groups in total. The second kappa shape index (κ2) is 5.61. The molecule has 0 spiro atoms. The molecule has 0 aliphatic heterocycles.